The van der Waals surface area contributed by atoms with Crippen molar-refractivity contribution in [1.82, 2.24) is 10.2 Å². The molecule has 0 aromatic heterocycles. The van der Waals surface area contributed by atoms with E-state index in [4.69, 9.17) is 4.74 Å². The minimum absolute atomic E-state index is 0.0755. The Morgan fingerprint density at radius 3 is 2.71 bits per heavy atom. The minimum atomic E-state index is -0.300. The van der Waals surface area contributed by atoms with Crippen molar-refractivity contribution < 1.29 is 18.7 Å². The molecule has 2 atom stereocenters. The van der Waals surface area contributed by atoms with Crippen LogP contribution in [0.25, 0.3) is 0 Å². The number of hydrogen-bond acceptors (Lipinski definition) is 3. The third-order valence-electron chi connectivity index (χ3n) is 5.85. The Bertz CT molecular complexity index is 963. The summed E-state index contributed by atoms with van der Waals surface area (Å²) in [6.07, 6.45) is 1.42. The van der Waals surface area contributed by atoms with Gasteiger partial charge in [0, 0.05) is 19.6 Å². The lowest BCUT2D eigenvalue weighted by atomic mass is 9.97. The highest BCUT2D eigenvalue weighted by Crippen LogP contribution is 2.35. The van der Waals surface area contributed by atoms with Crippen LogP contribution in [0.15, 0.2) is 42.5 Å². The molecule has 2 aromatic rings. The molecule has 164 valence electrons. The Labute approximate surface area is 182 Å². The molecule has 4 rings (SSSR count). The summed E-state index contributed by atoms with van der Waals surface area (Å²) in [5.41, 5.74) is 2.69. The average molecular weight is 426 g/mol. The van der Waals surface area contributed by atoms with E-state index in [9.17, 15) is 14.0 Å². The maximum Gasteiger partial charge on any atom is 0.324 e. The monoisotopic (exact) mass is 425 g/mol. The Morgan fingerprint density at radius 1 is 1.16 bits per heavy atom. The van der Waals surface area contributed by atoms with Gasteiger partial charge in [0.1, 0.15) is 17.7 Å². The van der Waals surface area contributed by atoms with Gasteiger partial charge >= 0.3 is 6.03 Å². The number of likely N-dealkylation sites (tertiary alicyclic amines) is 1. The highest BCUT2D eigenvalue weighted by molar-refractivity contribution is 5.94. The Kier molecular flexibility index (Phi) is 6.11. The summed E-state index contributed by atoms with van der Waals surface area (Å²) >= 11 is 0. The quantitative estimate of drug-likeness (QED) is 0.812. The molecule has 1 saturated heterocycles. The van der Waals surface area contributed by atoms with Crippen molar-refractivity contribution in [3.63, 3.8) is 0 Å². The zero-order chi connectivity index (χ0) is 22.0. The van der Waals surface area contributed by atoms with E-state index in [0.29, 0.717) is 31.9 Å². The standard InChI is InChI=1S/C24H28FN3O3/c1-16-5-10-22-21(12-16)28(14-17(2)31-22)24(30)27-11-3-4-19(15-27)23(29)26-13-18-6-8-20(25)9-7-18/h5-10,12,17,19H,3-4,11,13-15H2,1-2H3,(H,26,29)/t17-,19-/m0/s1. The van der Waals surface area contributed by atoms with E-state index in [1.807, 2.05) is 32.0 Å². The van der Waals surface area contributed by atoms with E-state index in [1.165, 1.54) is 12.1 Å². The van der Waals surface area contributed by atoms with Gasteiger partial charge in [-0.3, -0.25) is 9.69 Å². The third kappa shape index (κ3) is 4.81. The van der Waals surface area contributed by atoms with Crippen LogP contribution in [0.2, 0.25) is 0 Å². The zero-order valence-electron chi connectivity index (χ0n) is 17.9. The molecule has 0 aliphatic carbocycles. The number of anilines is 1. The van der Waals surface area contributed by atoms with Gasteiger partial charge in [-0.1, -0.05) is 18.2 Å². The number of amides is 3. The maximum atomic E-state index is 13.4. The van der Waals surface area contributed by atoms with Gasteiger partial charge in [-0.25, -0.2) is 9.18 Å². The molecule has 3 amide bonds. The number of ether oxygens (including phenoxy) is 1. The van der Waals surface area contributed by atoms with Crippen molar-refractivity contribution in [2.75, 3.05) is 24.5 Å². The lowest BCUT2D eigenvalue weighted by Crippen LogP contribution is -2.53. The maximum absolute atomic E-state index is 13.4. The molecule has 2 aliphatic heterocycles. The molecular weight excluding hydrogens is 397 g/mol. The normalized spacial score (nSPS) is 20.6. The van der Waals surface area contributed by atoms with Crippen LogP contribution in [-0.4, -0.2) is 42.6 Å². The fraction of sp³-hybridized carbons (Fsp3) is 0.417. The summed E-state index contributed by atoms with van der Waals surface area (Å²) in [5.74, 6) is 0.0796. The molecular formula is C24H28FN3O3. The minimum Gasteiger partial charge on any atom is -0.487 e. The average Bonchev–Trinajstić information content (AvgIpc) is 2.78. The fourth-order valence-electron chi connectivity index (χ4n) is 4.20. The molecule has 0 spiro atoms. The third-order valence-corrected chi connectivity index (χ3v) is 5.85. The summed E-state index contributed by atoms with van der Waals surface area (Å²) in [6.45, 7) is 5.78. The number of rotatable bonds is 3. The topological polar surface area (TPSA) is 61.9 Å². The summed E-state index contributed by atoms with van der Waals surface area (Å²) in [7, 11) is 0. The van der Waals surface area contributed by atoms with Crippen molar-refractivity contribution in [1.29, 1.82) is 0 Å². The number of fused-ring (bicyclic) bond motifs is 1. The van der Waals surface area contributed by atoms with Crippen LogP contribution >= 0.6 is 0 Å². The van der Waals surface area contributed by atoms with E-state index in [1.54, 1.807) is 21.9 Å². The van der Waals surface area contributed by atoms with E-state index in [-0.39, 0.29) is 29.8 Å². The van der Waals surface area contributed by atoms with Crippen LogP contribution in [-0.2, 0) is 11.3 Å². The van der Waals surface area contributed by atoms with E-state index in [2.05, 4.69) is 5.32 Å². The Hall–Kier alpha value is -3.09. The molecule has 2 heterocycles. The fourth-order valence-corrected chi connectivity index (χ4v) is 4.20. The molecule has 2 aliphatic rings. The lowest BCUT2D eigenvalue weighted by molar-refractivity contribution is -0.126. The highest BCUT2D eigenvalue weighted by Gasteiger charge is 2.34. The molecule has 0 radical (unpaired) electrons. The van der Waals surface area contributed by atoms with Crippen LogP contribution < -0.4 is 15.0 Å². The first-order valence-corrected chi connectivity index (χ1v) is 10.8. The predicted molar refractivity (Wildman–Crippen MR) is 117 cm³/mol. The van der Waals surface area contributed by atoms with Crippen LogP contribution in [0, 0.1) is 18.7 Å². The second-order valence-electron chi connectivity index (χ2n) is 8.42. The number of nitrogens with one attached hydrogen (secondary N) is 1. The lowest BCUT2D eigenvalue weighted by Gasteiger charge is -2.39. The number of piperidine rings is 1. The Balaban J connectivity index is 1.41. The largest absolute Gasteiger partial charge is 0.487 e. The summed E-state index contributed by atoms with van der Waals surface area (Å²) in [6, 6.07) is 11.8. The Morgan fingerprint density at radius 2 is 1.94 bits per heavy atom. The molecule has 1 fully saturated rings. The number of urea groups is 1. The number of carbonyl (C=O) groups is 2. The number of benzene rings is 2. The van der Waals surface area contributed by atoms with Crippen LogP contribution in [0.1, 0.15) is 30.9 Å². The van der Waals surface area contributed by atoms with E-state index in [0.717, 1.165) is 29.7 Å². The van der Waals surface area contributed by atoms with Crippen LogP contribution in [0.3, 0.4) is 0 Å². The second kappa shape index (κ2) is 8.96. The first-order valence-electron chi connectivity index (χ1n) is 10.8. The van der Waals surface area contributed by atoms with Gasteiger partial charge in [0.15, 0.2) is 0 Å². The van der Waals surface area contributed by atoms with Crippen molar-refractivity contribution in [3.05, 3.63) is 59.4 Å². The molecule has 6 nitrogen and oxygen atoms in total. The van der Waals surface area contributed by atoms with Crippen LogP contribution in [0.4, 0.5) is 14.9 Å². The van der Waals surface area contributed by atoms with Gasteiger partial charge in [0.25, 0.3) is 0 Å². The van der Waals surface area contributed by atoms with Crippen molar-refractivity contribution in [3.8, 4) is 5.75 Å². The summed E-state index contributed by atoms with van der Waals surface area (Å²) in [5, 5.41) is 2.92. The van der Waals surface area contributed by atoms with Gasteiger partial charge in [-0.05, 0) is 62.1 Å². The smallest absolute Gasteiger partial charge is 0.324 e. The van der Waals surface area contributed by atoms with Gasteiger partial charge < -0.3 is 15.0 Å². The molecule has 1 N–H and O–H groups in total. The zero-order valence-corrected chi connectivity index (χ0v) is 17.9. The molecule has 0 saturated carbocycles. The summed E-state index contributed by atoms with van der Waals surface area (Å²) < 4.78 is 18.9. The van der Waals surface area contributed by atoms with Gasteiger partial charge in [0.05, 0.1) is 18.2 Å². The number of carbonyl (C=O) groups excluding carboxylic acids is 2. The SMILES string of the molecule is Cc1ccc2c(c1)N(C(=O)N1CCC[C@H](C(=O)NCc3ccc(F)cc3)C1)C[C@H](C)O2. The molecule has 0 bridgehead atoms. The number of hydrogen-bond donors (Lipinski definition) is 1. The van der Waals surface area contributed by atoms with Crippen molar-refractivity contribution in [2.24, 2.45) is 5.92 Å². The molecule has 0 unspecified atom stereocenters. The molecule has 31 heavy (non-hydrogen) atoms. The number of halogens is 1. The highest BCUT2D eigenvalue weighted by atomic mass is 19.1. The number of aryl methyl sites for hydroxylation is 1. The van der Waals surface area contributed by atoms with Gasteiger partial charge in [-0.2, -0.15) is 0 Å². The van der Waals surface area contributed by atoms with E-state index >= 15 is 0 Å². The van der Waals surface area contributed by atoms with Gasteiger partial charge in [-0.15, -0.1) is 0 Å². The van der Waals surface area contributed by atoms with Gasteiger partial charge in [0.2, 0.25) is 5.91 Å². The van der Waals surface area contributed by atoms with E-state index < -0.39 is 0 Å². The summed E-state index contributed by atoms with van der Waals surface area (Å²) in [4.78, 5) is 29.6. The van der Waals surface area contributed by atoms with Crippen molar-refractivity contribution >= 4 is 17.6 Å². The predicted octanol–water partition coefficient (Wildman–Crippen LogP) is 3.87. The first kappa shape index (κ1) is 21.2. The van der Waals surface area contributed by atoms with Crippen LogP contribution in [0.5, 0.6) is 5.75 Å². The first-order chi connectivity index (χ1) is 14.9. The second-order valence-corrected chi connectivity index (χ2v) is 8.42. The number of nitrogens with zero attached hydrogens (tertiary/aromatic N) is 2. The van der Waals surface area contributed by atoms with Crippen molar-refractivity contribution in [2.45, 2.75) is 39.3 Å². The molecule has 2 aromatic carbocycles. The molecule has 7 heteroatoms.